The SMILES string of the molecule is CC(=O)O.CCC(=O)/C=C\C(=O)O.CCC(=O)/C=C\C(=O)O.CCN.CCN1C(=O)C=CC1=O.O=C1C=CC(=O)O1. The monoisotopic (exact) mass is 584 g/mol. The summed E-state index contributed by atoms with van der Waals surface area (Å²) in [6, 6.07) is 0. The molecule has 0 aliphatic carbocycles. The molecule has 2 amide bonds. The number of aliphatic carboxylic acids is 3. The molecule has 0 saturated heterocycles. The van der Waals surface area contributed by atoms with Crippen LogP contribution in [0.4, 0.5) is 0 Å². The number of allylic oxidation sites excluding steroid dienone is 2. The van der Waals surface area contributed by atoms with Crippen LogP contribution >= 0.6 is 0 Å². The number of rotatable bonds is 7. The molecule has 0 radical (unpaired) electrons. The number of ether oxygens (including phenoxy) is 1. The lowest BCUT2D eigenvalue weighted by molar-refractivity contribution is -0.150. The Kier molecular flexibility index (Phi) is 29.3. The highest BCUT2D eigenvalue weighted by Crippen LogP contribution is 2.00. The number of cyclic esters (lactones) is 2. The van der Waals surface area contributed by atoms with Gasteiger partial charge in [-0.3, -0.25) is 28.9 Å². The Hall–Kier alpha value is -5.05. The molecule has 0 aromatic heterocycles. The summed E-state index contributed by atoms with van der Waals surface area (Å²) in [5.41, 5.74) is 4.85. The van der Waals surface area contributed by atoms with Crippen molar-refractivity contribution in [3.63, 3.8) is 0 Å². The average Bonchev–Trinajstić information content (AvgIpc) is 3.43. The summed E-state index contributed by atoms with van der Waals surface area (Å²) in [7, 11) is 0. The molecule has 0 bridgehead atoms. The fraction of sp³-hybridized carbons (Fsp3) is 0.346. The van der Waals surface area contributed by atoms with Crippen LogP contribution in [0.2, 0.25) is 0 Å². The number of carboxylic acids is 3. The predicted molar refractivity (Wildman–Crippen MR) is 144 cm³/mol. The number of carbonyl (C=O) groups is 9. The van der Waals surface area contributed by atoms with Crippen LogP contribution in [0, 0.1) is 0 Å². The third-order valence-electron chi connectivity index (χ3n) is 3.29. The fourth-order valence-electron chi connectivity index (χ4n) is 1.61. The van der Waals surface area contributed by atoms with E-state index in [1.807, 2.05) is 6.92 Å². The lowest BCUT2D eigenvalue weighted by Crippen LogP contribution is -2.29. The van der Waals surface area contributed by atoms with Gasteiger partial charge in [0.05, 0.1) is 0 Å². The summed E-state index contributed by atoms with van der Waals surface area (Å²) < 4.78 is 3.97. The molecule has 0 aromatic carbocycles. The summed E-state index contributed by atoms with van der Waals surface area (Å²) in [6.07, 6.45) is 9.23. The average molecular weight is 585 g/mol. The van der Waals surface area contributed by atoms with Crippen molar-refractivity contribution in [2.75, 3.05) is 13.1 Å². The quantitative estimate of drug-likeness (QED) is 0.140. The number of carbonyl (C=O) groups excluding carboxylic acids is 6. The lowest BCUT2D eigenvalue weighted by atomic mass is 10.3. The van der Waals surface area contributed by atoms with Gasteiger partial charge < -0.3 is 25.8 Å². The van der Waals surface area contributed by atoms with Crippen LogP contribution in [0.5, 0.6) is 0 Å². The molecule has 2 aliphatic rings. The van der Waals surface area contributed by atoms with E-state index in [2.05, 4.69) is 4.74 Å². The first kappa shape index (κ1) is 43.0. The van der Waals surface area contributed by atoms with E-state index in [0.29, 0.717) is 19.4 Å². The van der Waals surface area contributed by atoms with Crippen LogP contribution < -0.4 is 5.73 Å². The number of amides is 2. The maximum atomic E-state index is 10.6. The van der Waals surface area contributed by atoms with E-state index >= 15 is 0 Å². The zero-order valence-corrected chi connectivity index (χ0v) is 23.4. The molecule has 15 heteroatoms. The fourth-order valence-corrected chi connectivity index (χ4v) is 1.61. The van der Waals surface area contributed by atoms with E-state index in [-0.39, 0.29) is 23.4 Å². The van der Waals surface area contributed by atoms with Crippen LogP contribution in [-0.2, 0) is 47.9 Å². The Morgan fingerprint density at radius 2 is 1.00 bits per heavy atom. The number of nitrogens with two attached hydrogens (primary N) is 1. The van der Waals surface area contributed by atoms with Gasteiger partial charge in [-0.2, -0.15) is 0 Å². The molecule has 2 heterocycles. The minimum atomic E-state index is -1.09. The number of nitrogens with zero attached hydrogens (tertiary/aromatic N) is 1. The lowest BCUT2D eigenvalue weighted by Gasteiger charge is -2.08. The van der Waals surface area contributed by atoms with Crippen molar-refractivity contribution in [3.05, 3.63) is 48.6 Å². The largest absolute Gasteiger partial charge is 0.481 e. The Bertz CT molecular complexity index is 964. The van der Waals surface area contributed by atoms with Crippen LogP contribution in [-0.4, -0.2) is 86.5 Å². The molecule has 41 heavy (non-hydrogen) atoms. The first-order chi connectivity index (χ1) is 19.0. The number of esters is 2. The molecule has 228 valence electrons. The third kappa shape index (κ3) is 35.0. The van der Waals surface area contributed by atoms with E-state index in [1.54, 1.807) is 20.8 Å². The van der Waals surface area contributed by atoms with Gasteiger partial charge in [0.25, 0.3) is 17.8 Å². The van der Waals surface area contributed by atoms with Gasteiger partial charge in [0.15, 0.2) is 11.6 Å². The summed E-state index contributed by atoms with van der Waals surface area (Å²) in [5, 5.41) is 23.5. The first-order valence-corrected chi connectivity index (χ1v) is 11.8. The van der Waals surface area contributed by atoms with Crippen LogP contribution in [0.25, 0.3) is 0 Å². The summed E-state index contributed by atoms with van der Waals surface area (Å²) in [6.45, 7) is 9.32. The van der Waals surface area contributed by atoms with Gasteiger partial charge in [-0.1, -0.05) is 20.8 Å². The van der Waals surface area contributed by atoms with Crippen LogP contribution in [0.3, 0.4) is 0 Å². The second kappa shape index (κ2) is 28.0. The molecular weight excluding hydrogens is 548 g/mol. The molecule has 0 saturated carbocycles. The Morgan fingerprint density at radius 3 is 1.15 bits per heavy atom. The molecule has 15 nitrogen and oxygen atoms in total. The van der Waals surface area contributed by atoms with Crippen molar-refractivity contribution in [2.45, 2.75) is 47.5 Å². The van der Waals surface area contributed by atoms with Crippen LogP contribution in [0.1, 0.15) is 47.5 Å². The normalized spacial score (nSPS) is 12.3. The van der Waals surface area contributed by atoms with Gasteiger partial charge in [0.1, 0.15) is 0 Å². The predicted octanol–water partition coefficient (Wildman–Crippen LogP) is 0.826. The van der Waals surface area contributed by atoms with E-state index in [1.165, 1.54) is 17.1 Å². The number of imide groups is 1. The van der Waals surface area contributed by atoms with E-state index in [9.17, 15) is 38.4 Å². The van der Waals surface area contributed by atoms with E-state index in [4.69, 9.17) is 25.8 Å². The van der Waals surface area contributed by atoms with Gasteiger partial charge in [0, 0.05) is 62.8 Å². The Labute approximate surface area is 236 Å². The van der Waals surface area contributed by atoms with Gasteiger partial charge in [-0.25, -0.2) is 19.2 Å². The highest BCUT2D eigenvalue weighted by Gasteiger charge is 2.20. The molecule has 0 aromatic rings. The smallest absolute Gasteiger partial charge is 0.338 e. The zero-order chi connectivity index (χ0) is 33.0. The Morgan fingerprint density at radius 1 is 0.707 bits per heavy atom. The standard InChI is InChI=1S/C6H7NO2.2C6H8O3.C4H2O3.C2H7N.C2H4O2/c1-2-7-5(8)3-4-6(7)9;2*1-2-5(7)3-4-6(8)9;5-3-1-2-4(6)7-3;1-2-3;1-2(3)4/h3-4H,2H2,1H3;2*3-4H,2H2,1H3,(H,8,9);1-2H;2-3H2,1H3;1H3,(H,3,4)/b;2*4-3-;;;. The molecule has 0 fully saturated rings. The summed E-state index contributed by atoms with van der Waals surface area (Å²) in [5.74, 6) is -4.91. The van der Waals surface area contributed by atoms with Crippen molar-refractivity contribution >= 4 is 53.2 Å². The number of hydrogen-bond acceptors (Lipinski definition) is 11. The molecule has 0 spiro atoms. The van der Waals surface area contributed by atoms with Crippen LogP contribution in [0.15, 0.2) is 48.6 Å². The van der Waals surface area contributed by atoms with Gasteiger partial charge >= 0.3 is 23.9 Å². The van der Waals surface area contributed by atoms with E-state index in [0.717, 1.165) is 49.9 Å². The molecule has 2 aliphatic heterocycles. The molecule has 5 N–H and O–H groups in total. The molecule has 0 atom stereocenters. The van der Waals surface area contributed by atoms with Crippen molar-refractivity contribution in [2.24, 2.45) is 5.73 Å². The minimum Gasteiger partial charge on any atom is -0.481 e. The number of carboxylic acid groups (broad SMARTS) is 3. The number of ketones is 2. The maximum absolute atomic E-state index is 10.6. The first-order valence-electron chi connectivity index (χ1n) is 11.8. The highest BCUT2D eigenvalue weighted by atomic mass is 16.6. The van der Waals surface area contributed by atoms with Gasteiger partial charge in [-0.05, 0) is 25.6 Å². The van der Waals surface area contributed by atoms with Crippen molar-refractivity contribution in [1.82, 2.24) is 4.90 Å². The third-order valence-corrected chi connectivity index (χ3v) is 3.29. The number of hydrogen-bond donors (Lipinski definition) is 4. The highest BCUT2D eigenvalue weighted by molar-refractivity contribution is 6.12. The van der Waals surface area contributed by atoms with Crippen molar-refractivity contribution in [1.29, 1.82) is 0 Å². The molecule has 2 rings (SSSR count). The van der Waals surface area contributed by atoms with Crippen molar-refractivity contribution in [3.8, 4) is 0 Å². The van der Waals surface area contributed by atoms with Crippen molar-refractivity contribution < 1.29 is 63.2 Å². The second-order valence-electron chi connectivity index (χ2n) is 6.74. The van der Waals surface area contributed by atoms with Gasteiger partial charge in [-0.15, -0.1) is 0 Å². The zero-order valence-electron chi connectivity index (χ0n) is 23.4. The van der Waals surface area contributed by atoms with E-state index < -0.39 is 29.8 Å². The topological polar surface area (TPSA) is 253 Å². The molecular formula is C26H36N2O13. The minimum absolute atomic E-state index is 0.169. The summed E-state index contributed by atoms with van der Waals surface area (Å²) >= 11 is 0. The van der Waals surface area contributed by atoms with Gasteiger partial charge in [0.2, 0.25) is 0 Å². The maximum Gasteiger partial charge on any atom is 0.338 e. The molecule has 0 unspecified atom stereocenters. The second-order valence-corrected chi connectivity index (χ2v) is 6.74. The Balaban J connectivity index is -0.000000207. The summed E-state index contributed by atoms with van der Waals surface area (Å²) in [4.78, 5) is 91.6. The number of likely N-dealkylation sites (N-methyl/N-ethyl adjacent to an activating group) is 1.